The minimum atomic E-state index is -0.289. The van der Waals surface area contributed by atoms with Crippen LogP contribution in [0, 0.1) is 0 Å². The zero-order valence-electron chi connectivity index (χ0n) is 11.9. The van der Waals surface area contributed by atoms with Gasteiger partial charge in [0.25, 0.3) is 0 Å². The van der Waals surface area contributed by atoms with Crippen molar-refractivity contribution in [2.45, 2.75) is 12.0 Å². The molecule has 21 heavy (non-hydrogen) atoms. The summed E-state index contributed by atoms with van der Waals surface area (Å²) in [5.41, 5.74) is 7.49. The molecular weight excluding hydrogens is 268 g/mol. The lowest BCUT2D eigenvalue weighted by molar-refractivity contribution is -0.125. The van der Waals surface area contributed by atoms with Crippen LogP contribution in [0.15, 0.2) is 30.3 Å². The summed E-state index contributed by atoms with van der Waals surface area (Å²) >= 11 is 0. The quantitative estimate of drug-likeness (QED) is 0.762. The third-order valence-electron chi connectivity index (χ3n) is 4.25. The van der Waals surface area contributed by atoms with Crippen molar-refractivity contribution >= 4 is 11.9 Å². The molecule has 2 saturated heterocycles. The SMILES string of the molecule is N[C@@H]1CN(CCN2C(=O)CNC2=O)C[C@H]1c1ccccc1. The van der Waals surface area contributed by atoms with Crippen LogP contribution in [0.1, 0.15) is 11.5 Å². The first-order valence-corrected chi connectivity index (χ1v) is 7.26. The smallest absolute Gasteiger partial charge is 0.324 e. The molecule has 2 atom stereocenters. The van der Waals surface area contributed by atoms with Crippen LogP contribution in [0.4, 0.5) is 4.79 Å². The summed E-state index contributed by atoms with van der Waals surface area (Å²) < 4.78 is 0. The van der Waals surface area contributed by atoms with Crippen LogP contribution in [-0.2, 0) is 4.79 Å². The fraction of sp³-hybridized carbons (Fsp3) is 0.467. The van der Waals surface area contributed by atoms with Gasteiger partial charge in [-0.3, -0.25) is 14.6 Å². The van der Waals surface area contributed by atoms with E-state index < -0.39 is 0 Å². The van der Waals surface area contributed by atoms with Crippen LogP contribution in [0.3, 0.4) is 0 Å². The van der Waals surface area contributed by atoms with Gasteiger partial charge >= 0.3 is 6.03 Å². The predicted molar refractivity (Wildman–Crippen MR) is 78.7 cm³/mol. The van der Waals surface area contributed by atoms with Crippen molar-refractivity contribution in [1.82, 2.24) is 15.1 Å². The Labute approximate surface area is 123 Å². The van der Waals surface area contributed by atoms with Gasteiger partial charge in [0.1, 0.15) is 0 Å². The monoisotopic (exact) mass is 288 g/mol. The highest BCUT2D eigenvalue weighted by molar-refractivity contribution is 6.01. The summed E-state index contributed by atoms with van der Waals surface area (Å²) in [5, 5.41) is 2.53. The number of nitrogens with zero attached hydrogens (tertiary/aromatic N) is 2. The van der Waals surface area contributed by atoms with E-state index in [1.54, 1.807) is 0 Å². The van der Waals surface area contributed by atoms with Crippen LogP contribution in [0.25, 0.3) is 0 Å². The van der Waals surface area contributed by atoms with Gasteiger partial charge < -0.3 is 11.1 Å². The van der Waals surface area contributed by atoms with Crippen molar-refractivity contribution in [3.8, 4) is 0 Å². The Morgan fingerprint density at radius 2 is 1.90 bits per heavy atom. The number of carbonyl (C=O) groups excluding carboxylic acids is 2. The van der Waals surface area contributed by atoms with Crippen molar-refractivity contribution < 1.29 is 9.59 Å². The van der Waals surface area contributed by atoms with Crippen LogP contribution >= 0.6 is 0 Å². The first kappa shape index (κ1) is 14.0. The average Bonchev–Trinajstić information content (AvgIpc) is 3.01. The topological polar surface area (TPSA) is 78.7 Å². The van der Waals surface area contributed by atoms with E-state index in [4.69, 9.17) is 5.73 Å². The Morgan fingerprint density at radius 3 is 2.57 bits per heavy atom. The van der Waals surface area contributed by atoms with Gasteiger partial charge in [0.15, 0.2) is 0 Å². The number of rotatable bonds is 4. The van der Waals surface area contributed by atoms with Crippen molar-refractivity contribution in [2.75, 3.05) is 32.7 Å². The molecule has 2 aliphatic rings. The zero-order valence-corrected chi connectivity index (χ0v) is 11.9. The van der Waals surface area contributed by atoms with E-state index in [2.05, 4.69) is 22.3 Å². The molecule has 0 unspecified atom stereocenters. The Morgan fingerprint density at radius 1 is 1.14 bits per heavy atom. The van der Waals surface area contributed by atoms with E-state index in [9.17, 15) is 9.59 Å². The Hall–Kier alpha value is -1.92. The molecule has 6 nitrogen and oxygen atoms in total. The standard InChI is InChI=1S/C15H20N4O2/c16-13-10-18(6-7-19-14(20)8-17-15(19)21)9-12(13)11-4-2-1-3-5-11/h1-5,12-13H,6-10,16H2,(H,17,21)/t12-,13+/m0/s1. The fourth-order valence-corrected chi connectivity index (χ4v) is 3.07. The van der Waals surface area contributed by atoms with Gasteiger partial charge in [-0.15, -0.1) is 0 Å². The van der Waals surface area contributed by atoms with Gasteiger partial charge in [0, 0.05) is 38.1 Å². The molecule has 1 aromatic rings. The first-order chi connectivity index (χ1) is 10.1. The molecule has 0 saturated carbocycles. The van der Waals surface area contributed by atoms with E-state index in [0.29, 0.717) is 19.0 Å². The van der Waals surface area contributed by atoms with Gasteiger partial charge in [-0.2, -0.15) is 0 Å². The molecule has 0 bridgehead atoms. The van der Waals surface area contributed by atoms with E-state index in [1.807, 2.05) is 18.2 Å². The van der Waals surface area contributed by atoms with Crippen molar-refractivity contribution in [2.24, 2.45) is 5.73 Å². The van der Waals surface area contributed by atoms with E-state index in [1.165, 1.54) is 10.5 Å². The third kappa shape index (κ3) is 2.91. The molecule has 2 heterocycles. The number of amides is 3. The van der Waals surface area contributed by atoms with Crippen LogP contribution in [0.2, 0.25) is 0 Å². The van der Waals surface area contributed by atoms with E-state index in [0.717, 1.165) is 13.1 Å². The lowest BCUT2D eigenvalue weighted by atomic mass is 9.95. The zero-order chi connectivity index (χ0) is 14.8. The molecule has 1 aromatic carbocycles. The van der Waals surface area contributed by atoms with Gasteiger partial charge in [0.05, 0.1) is 6.54 Å². The molecule has 0 spiro atoms. The molecule has 112 valence electrons. The summed E-state index contributed by atoms with van der Waals surface area (Å²) in [5.74, 6) is 0.164. The predicted octanol–water partition coefficient (Wildman–Crippen LogP) is -0.0351. The number of likely N-dealkylation sites (tertiary alicyclic amines) is 1. The Balaban J connectivity index is 1.57. The first-order valence-electron chi connectivity index (χ1n) is 7.26. The molecule has 3 rings (SSSR count). The average molecular weight is 288 g/mol. The van der Waals surface area contributed by atoms with Gasteiger partial charge in [-0.1, -0.05) is 30.3 Å². The number of urea groups is 1. The lowest BCUT2D eigenvalue weighted by Gasteiger charge is -2.19. The summed E-state index contributed by atoms with van der Waals surface area (Å²) in [6.07, 6.45) is 0. The molecule has 0 aromatic heterocycles. The van der Waals surface area contributed by atoms with Gasteiger partial charge in [0.2, 0.25) is 5.91 Å². The minimum Gasteiger partial charge on any atom is -0.329 e. The maximum Gasteiger partial charge on any atom is 0.324 e. The molecule has 3 N–H and O–H groups in total. The van der Waals surface area contributed by atoms with Crippen LogP contribution in [0.5, 0.6) is 0 Å². The van der Waals surface area contributed by atoms with Crippen LogP contribution < -0.4 is 11.1 Å². The lowest BCUT2D eigenvalue weighted by Crippen LogP contribution is -2.38. The molecule has 6 heteroatoms. The highest BCUT2D eigenvalue weighted by Gasteiger charge is 2.33. The van der Waals surface area contributed by atoms with Gasteiger partial charge in [-0.05, 0) is 5.56 Å². The number of imide groups is 1. The second kappa shape index (κ2) is 5.83. The molecule has 0 aliphatic carbocycles. The van der Waals surface area contributed by atoms with Crippen molar-refractivity contribution in [3.63, 3.8) is 0 Å². The molecule has 2 fully saturated rings. The summed E-state index contributed by atoms with van der Waals surface area (Å²) in [4.78, 5) is 26.5. The number of hydrogen-bond donors (Lipinski definition) is 2. The number of carbonyl (C=O) groups is 2. The number of hydrogen-bond acceptors (Lipinski definition) is 4. The molecular formula is C15H20N4O2. The summed E-state index contributed by atoms with van der Waals surface area (Å²) in [7, 11) is 0. The normalized spacial score (nSPS) is 26.4. The number of nitrogens with two attached hydrogens (primary N) is 1. The van der Waals surface area contributed by atoms with Gasteiger partial charge in [-0.25, -0.2) is 4.79 Å². The number of benzene rings is 1. The largest absolute Gasteiger partial charge is 0.329 e. The Kier molecular flexibility index (Phi) is 3.90. The van der Waals surface area contributed by atoms with Crippen molar-refractivity contribution in [1.29, 1.82) is 0 Å². The van der Waals surface area contributed by atoms with E-state index in [-0.39, 0.29) is 24.5 Å². The molecule has 3 amide bonds. The van der Waals surface area contributed by atoms with E-state index >= 15 is 0 Å². The van der Waals surface area contributed by atoms with Crippen LogP contribution in [-0.4, -0.2) is 60.5 Å². The Bertz CT molecular complexity index is 518. The molecule has 2 aliphatic heterocycles. The number of nitrogens with one attached hydrogen (secondary N) is 1. The highest BCUT2D eigenvalue weighted by atomic mass is 16.2. The third-order valence-corrected chi connectivity index (χ3v) is 4.25. The molecule has 0 radical (unpaired) electrons. The second-order valence-electron chi connectivity index (χ2n) is 5.64. The summed E-state index contributed by atoms with van der Waals surface area (Å²) in [6.45, 7) is 2.89. The highest BCUT2D eigenvalue weighted by Crippen LogP contribution is 2.26. The maximum absolute atomic E-state index is 11.5. The minimum absolute atomic E-state index is 0.0931. The second-order valence-corrected chi connectivity index (χ2v) is 5.64. The summed E-state index contributed by atoms with van der Waals surface area (Å²) in [6, 6.07) is 10.1. The fourth-order valence-electron chi connectivity index (χ4n) is 3.07. The maximum atomic E-state index is 11.5. The van der Waals surface area contributed by atoms with Crippen molar-refractivity contribution in [3.05, 3.63) is 35.9 Å².